The van der Waals surface area contributed by atoms with Gasteiger partial charge < -0.3 is 10.1 Å². The Balaban J connectivity index is 1.64. The van der Waals surface area contributed by atoms with Crippen molar-refractivity contribution in [3.05, 3.63) is 0 Å². The van der Waals surface area contributed by atoms with E-state index in [0.29, 0.717) is 5.41 Å². The van der Waals surface area contributed by atoms with Crippen molar-refractivity contribution in [3.63, 3.8) is 0 Å². The van der Waals surface area contributed by atoms with Crippen LogP contribution < -0.4 is 5.32 Å². The molecule has 0 aromatic heterocycles. The minimum absolute atomic E-state index is 0.507. The van der Waals surface area contributed by atoms with Crippen LogP contribution in [0.3, 0.4) is 0 Å². The van der Waals surface area contributed by atoms with Crippen LogP contribution in [0.5, 0.6) is 0 Å². The number of hydrogen-bond acceptors (Lipinski definition) is 2. The van der Waals surface area contributed by atoms with Gasteiger partial charge >= 0.3 is 0 Å². The molecule has 0 aromatic rings. The molecule has 1 aliphatic heterocycles. The fourth-order valence-electron chi connectivity index (χ4n) is 1.94. The van der Waals surface area contributed by atoms with Crippen molar-refractivity contribution in [3.8, 4) is 0 Å². The van der Waals surface area contributed by atoms with Crippen LogP contribution in [-0.4, -0.2) is 26.3 Å². The minimum Gasteiger partial charge on any atom is -0.381 e. The van der Waals surface area contributed by atoms with Gasteiger partial charge in [-0.1, -0.05) is 6.92 Å². The van der Waals surface area contributed by atoms with Crippen molar-refractivity contribution < 1.29 is 4.74 Å². The van der Waals surface area contributed by atoms with Crippen LogP contribution in [0, 0.1) is 11.3 Å². The quantitative estimate of drug-likeness (QED) is 0.717. The Morgan fingerprint density at radius 3 is 2.62 bits per heavy atom. The molecule has 0 unspecified atom stereocenters. The molecule has 0 spiro atoms. The van der Waals surface area contributed by atoms with Crippen LogP contribution in [0.25, 0.3) is 0 Å². The van der Waals surface area contributed by atoms with Crippen LogP contribution in [0.4, 0.5) is 0 Å². The number of nitrogens with one attached hydrogen (secondary N) is 1. The van der Waals surface area contributed by atoms with Gasteiger partial charge in [-0.25, -0.2) is 0 Å². The fourth-order valence-corrected chi connectivity index (χ4v) is 1.94. The highest BCUT2D eigenvalue weighted by atomic mass is 16.5. The van der Waals surface area contributed by atoms with Crippen molar-refractivity contribution in [2.45, 2.75) is 32.6 Å². The van der Waals surface area contributed by atoms with E-state index in [2.05, 4.69) is 12.2 Å². The van der Waals surface area contributed by atoms with Gasteiger partial charge in [-0.2, -0.15) is 0 Å². The second-order valence-electron chi connectivity index (χ2n) is 5.00. The van der Waals surface area contributed by atoms with Crippen molar-refractivity contribution in [2.75, 3.05) is 26.3 Å². The summed E-state index contributed by atoms with van der Waals surface area (Å²) in [7, 11) is 0. The number of hydrogen-bond donors (Lipinski definition) is 1. The molecule has 2 rings (SSSR count). The van der Waals surface area contributed by atoms with Gasteiger partial charge in [0, 0.05) is 19.8 Å². The van der Waals surface area contributed by atoms with Crippen LogP contribution >= 0.6 is 0 Å². The lowest BCUT2D eigenvalue weighted by Crippen LogP contribution is -2.37. The summed E-state index contributed by atoms with van der Waals surface area (Å²) in [6.07, 6.45) is 5.36. The maximum absolute atomic E-state index is 5.38. The van der Waals surface area contributed by atoms with Gasteiger partial charge in [0.25, 0.3) is 0 Å². The molecule has 0 radical (unpaired) electrons. The predicted molar refractivity (Wildman–Crippen MR) is 53.8 cm³/mol. The minimum atomic E-state index is 0.507. The first kappa shape index (κ1) is 9.47. The molecule has 2 nitrogen and oxygen atoms in total. The topological polar surface area (TPSA) is 21.3 Å². The highest BCUT2D eigenvalue weighted by Gasteiger charge is 2.28. The van der Waals surface area contributed by atoms with E-state index in [-0.39, 0.29) is 0 Å². The highest BCUT2D eigenvalue weighted by molar-refractivity contribution is 4.82. The fraction of sp³-hybridized carbons (Fsp3) is 1.00. The molecular weight excluding hydrogens is 162 g/mol. The van der Waals surface area contributed by atoms with Gasteiger partial charge in [-0.3, -0.25) is 0 Å². The van der Waals surface area contributed by atoms with E-state index in [1.54, 1.807) is 0 Å². The third-order valence-electron chi connectivity index (χ3n) is 3.38. The van der Waals surface area contributed by atoms with E-state index in [1.807, 2.05) is 0 Å². The largest absolute Gasteiger partial charge is 0.381 e. The molecule has 0 atom stereocenters. The van der Waals surface area contributed by atoms with E-state index in [4.69, 9.17) is 4.74 Å². The van der Waals surface area contributed by atoms with Gasteiger partial charge in [0.2, 0.25) is 0 Å². The Morgan fingerprint density at radius 2 is 2.00 bits per heavy atom. The van der Waals surface area contributed by atoms with Crippen LogP contribution in [0.1, 0.15) is 32.6 Å². The average molecular weight is 183 g/mol. The Kier molecular flexibility index (Phi) is 2.89. The van der Waals surface area contributed by atoms with Crippen LogP contribution in [0.15, 0.2) is 0 Å². The van der Waals surface area contributed by atoms with Crippen LogP contribution in [0.2, 0.25) is 0 Å². The van der Waals surface area contributed by atoms with Crippen molar-refractivity contribution in [1.29, 1.82) is 0 Å². The Morgan fingerprint density at radius 1 is 1.31 bits per heavy atom. The molecule has 1 heterocycles. The normalized spacial score (nSPS) is 27.5. The molecule has 0 aromatic carbocycles. The molecule has 2 aliphatic rings. The molecule has 1 saturated carbocycles. The maximum Gasteiger partial charge on any atom is 0.0471 e. The molecule has 0 bridgehead atoms. The predicted octanol–water partition coefficient (Wildman–Crippen LogP) is 1.80. The molecule has 13 heavy (non-hydrogen) atoms. The zero-order valence-electron chi connectivity index (χ0n) is 8.64. The average Bonchev–Trinajstić information content (AvgIpc) is 2.89. The monoisotopic (exact) mass is 183 g/mol. The van der Waals surface area contributed by atoms with E-state index in [1.165, 1.54) is 38.8 Å². The first-order valence-corrected chi connectivity index (χ1v) is 5.57. The molecule has 1 N–H and O–H groups in total. The summed E-state index contributed by atoms with van der Waals surface area (Å²) in [6, 6.07) is 0. The van der Waals surface area contributed by atoms with Gasteiger partial charge in [0.05, 0.1) is 0 Å². The third-order valence-corrected chi connectivity index (χ3v) is 3.38. The summed E-state index contributed by atoms with van der Waals surface area (Å²) < 4.78 is 5.38. The summed E-state index contributed by atoms with van der Waals surface area (Å²) in [6.45, 7) is 6.74. The van der Waals surface area contributed by atoms with E-state index in [9.17, 15) is 0 Å². The zero-order valence-corrected chi connectivity index (χ0v) is 8.64. The van der Waals surface area contributed by atoms with Crippen molar-refractivity contribution in [1.82, 2.24) is 5.32 Å². The lowest BCUT2D eigenvalue weighted by Gasteiger charge is -2.33. The molecule has 2 heteroatoms. The van der Waals surface area contributed by atoms with Crippen LogP contribution in [-0.2, 0) is 4.74 Å². The number of rotatable bonds is 4. The van der Waals surface area contributed by atoms with E-state index >= 15 is 0 Å². The summed E-state index contributed by atoms with van der Waals surface area (Å²) in [4.78, 5) is 0. The first-order chi connectivity index (χ1) is 6.29. The molecule has 1 aliphatic carbocycles. The summed E-state index contributed by atoms with van der Waals surface area (Å²) in [5.74, 6) is 1.00. The third kappa shape index (κ3) is 2.96. The molecule has 76 valence electrons. The second-order valence-corrected chi connectivity index (χ2v) is 5.00. The first-order valence-electron chi connectivity index (χ1n) is 5.57. The summed E-state index contributed by atoms with van der Waals surface area (Å²) in [5.41, 5.74) is 0.507. The van der Waals surface area contributed by atoms with E-state index < -0.39 is 0 Å². The highest BCUT2D eigenvalue weighted by Crippen LogP contribution is 2.30. The van der Waals surface area contributed by atoms with E-state index in [0.717, 1.165) is 19.1 Å². The van der Waals surface area contributed by atoms with Gasteiger partial charge in [-0.05, 0) is 43.6 Å². The zero-order chi connectivity index (χ0) is 9.15. The van der Waals surface area contributed by atoms with Crippen molar-refractivity contribution >= 4 is 0 Å². The van der Waals surface area contributed by atoms with Gasteiger partial charge in [-0.15, -0.1) is 0 Å². The SMILES string of the molecule is CC1(CNCC2CC2)CCOCC1. The molecule has 2 fully saturated rings. The standard InChI is InChI=1S/C11H21NO/c1-11(4-6-13-7-5-11)9-12-8-10-2-3-10/h10,12H,2-9H2,1H3. The second kappa shape index (κ2) is 3.97. The Labute approximate surface area is 81.0 Å². The Bertz CT molecular complexity index is 159. The van der Waals surface area contributed by atoms with Gasteiger partial charge in [0.1, 0.15) is 0 Å². The van der Waals surface area contributed by atoms with Crippen molar-refractivity contribution in [2.24, 2.45) is 11.3 Å². The smallest absolute Gasteiger partial charge is 0.0471 e. The Hall–Kier alpha value is -0.0800. The molecular formula is C11H21NO. The lowest BCUT2D eigenvalue weighted by atomic mass is 9.82. The van der Waals surface area contributed by atoms with Gasteiger partial charge in [0.15, 0.2) is 0 Å². The lowest BCUT2D eigenvalue weighted by molar-refractivity contribution is 0.0241. The number of ether oxygens (including phenoxy) is 1. The summed E-state index contributed by atoms with van der Waals surface area (Å²) >= 11 is 0. The maximum atomic E-state index is 5.38. The molecule has 1 saturated heterocycles. The molecule has 0 amide bonds. The summed E-state index contributed by atoms with van der Waals surface area (Å²) in [5, 5.41) is 3.60.